The van der Waals surface area contributed by atoms with E-state index in [0.29, 0.717) is 17.3 Å². The molecule has 1 aliphatic heterocycles. The summed E-state index contributed by atoms with van der Waals surface area (Å²) in [5.74, 6) is 0.405. The SMILES string of the molecule is Cc1ccc(NC(=O)COc2ccc(Cl)cc2CNc2ccc(N3CCOCC3)cc2)cc1. The van der Waals surface area contributed by atoms with Crippen molar-refractivity contribution in [3.63, 3.8) is 0 Å². The van der Waals surface area contributed by atoms with Gasteiger partial charge in [-0.3, -0.25) is 4.79 Å². The topological polar surface area (TPSA) is 62.8 Å². The first-order valence-corrected chi connectivity index (χ1v) is 11.4. The number of rotatable bonds is 8. The van der Waals surface area contributed by atoms with Crippen molar-refractivity contribution < 1.29 is 14.3 Å². The molecule has 3 aromatic rings. The van der Waals surface area contributed by atoms with Crippen LogP contribution in [0.5, 0.6) is 5.75 Å². The van der Waals surface area contributed by atoms with E-state index in [1.54, 1.807) is 12.1 Å². The van der Waals surface area contributed by atoms with Gasteiger partial charge in [0.2, 0.25) is 0 Å². The third-order valence-corrected chi connectivity index (χ3v) is 5.68. The Morgan fingerprint density at radius 2 is 1.70 bits per heavy atom. The minimum Gasteiger partial charge on any atom is -0.483 e. The average Bonchev–Trinajstić information content (AvgIpc) is 2.84. The van der Waals surface area contributed by atoms with Gasteiger partial charge in [0.1, 0.15) is 5.75 Å². The molecule has 0 spiro atoms. The van der Waals surface area contributed by atoms with Crippen LogP contribution in [-0.4, -0.2) is 38.8 Å². The number of nitrogens with one attached hydrogen (secondary N) is 2. The second-order valence-corrected chi connectivity index (χ2v) is 8.39. The zero-order valence-corrected chi connectivity index (χ0v) is 19.4. The summed E-state index contributed by atoms with van der Waals surface area (Å²) in [5.41, 5.74) is 4.94. The van der Waals surface area contributed by atoms with E-state index in [9.17, 15) is 4.79 Å². The summed E-state index contributed by atoms with van der Waals surface area (Å²) in [7, 11) is 0. The molecule has 0 unspecified atom stereocenters. The Kier molecular flexibility index (Phi) is 7.70. The van der Waals surface area contributed by atoms with Crippen LogP contribution in [0.25, 0.3) is 0 Å². The molecule has 1 fully saturated rings. The lowest BCUT2D eigenvalue weighted by Gasteiger charge is -2.29. The van der Waals surface area contributed by atoms with E-state index >= 15 is 0 Å². The summed E-state index contributed by atoms with van der Waals surface area (Å²) < 4.78 is 11.2. The highest BCUT2D eigenvalue weighted by molar-refractivity contribution is 6.30. The second-order valence-electron chi connectivity index (χ2n) is 7.95. The number of morpholine rings is 1. The first-order chi connectivity index (χ1) is 16.1. The molecule has 0 saturated carbocycles. The third kappa shape index (κ3) is 6.63. The molecule has 0 radical (unpaired) electrons. The Morgan fingerprint density at radius 3 is 2.42 bits per heavy atom. The van der Waals surface area contributed by atoms with Crippen LogP contribution in [0.4, 0.5) is 17.1 Å². The van der Waals surface area contributed by atoms with Gasteiger partial charge < -0.3 is 25.0 Å². The molecule has 1 amide bonds. The van der Waals surface area contributed by atoms with Gasteiger partial charge in [-0.1, -0.05) is 29.3 Å². The van der Waals surface area contributed by atoms with Crippen molar-refractivity contribution in [3.8, 4) is 5.75 Å². The molecule has 172 valence electrons. The summed E-state index contributed by atoms with van der Waals surface area (Å²) in [6, 6.07) is 21.4. The molecule has 4 rings (SSSR count). The average molecular weight is 466 g/mol. The summed E-state index contributed by atoms with van der Waals surface area (Å²) in [5, 5.41) is 6.87. The van der Waals surface area contributed by atoms with Crippen molar-refractivity contribution in [2.24, 2.45) is 0 Å². The van der Waals surface area contributed by atoms with E-state index < -0.39 is 0 Å². The Bertz CT molecular complexity index is 1070. The van der Waals surface area contributed by atoms with Crippen molar-refractivity contribution >= 4 is 34.6 Å². The zero-order valence-electron chi connectivity index (χ0n) is 18.6. The van der Waals surface area contributed by atoms with Crippen molar-refractivity contribution in [2.45, 2.75) is 13.5 Å². The van der Waals surface area contributed by atoms with Gasteiger partial charge in [-0.25, -0.2) is 0 Å². The van der Waals surface area contributed by atoms with E-state index in [1.807, 2.05) is 37.3 Å². The lowest BCUT2D eigenvalue weighted by Crippen LogP contribution is -2.36. The molecule has 0 bridgehead atoms. The number of aryl methyl sites for hydroxylation is 1. The maximum atomic E-state index is 12.3. The smallest absolute Gasteiger partial charge is 0.262 e. The molecular weight excluding hydrogens is 438 g/mol. The first-order valence-electron chi connectivity index (χ1n) is 11.0. The fourth-order valence-electron chi connectivity index (χ4n) is 3.61. The molecule has 1 aliphatic rings. The number of hydrogen-bond acceptors (Lipinski definition) is 5. The quantitative estimate of drug-likeness (QED) is 0.483. The lowest BCUT2D eigenvalue weighted by molar-refractivity contribution is -0.118. The summed E-state index contributed by atoms with van der Waals surface area (Å²) in [6.45, 7) is 5.79. The molecule has 2 N–H and O–H groups in total. The standard InChI is InChI=1S/C26H28ClN3O3/c1-19-2-5-23(6-3-19)29-26(31)18-33-25-11-4-21(27)16-20(25)17-28-22-7-9-24(10-8-22)30-12-14-32-15-13-30/h2-11,16,28H,12-15,17-18H2,1H3,(H,29,31). The van der Waals surface area contributed by atoms with Gasteiger partial charge >= 0.3 is 0 Å². The van der Waals surface area contributed by atoms with Crippen molar-refractivity contribution in [3.05, 3.63) is 82.9 Å². The fraction of sp³-hybridized carbons (Fsp3) is 0.269. The highest BCUT2D eigenvalue weighted by Crippen LogP contribution is 2.25. The number of halogens is 1. The second kappa shape index (κ2) is 11.1. The highest BCUT2D eigenvalue weighted by Gasteiger charge is 2.12. The van der Waals surface area contributed by atoms with Gasteiger partial charge in [-0.2, -0.15) is 0 Å². The molecule has 0 atom stereocenters. The number of ether oxygens (including phenoxy) is 2. The Labute approximate surface area is 199 Å². The summed E-state index contributed by atoms with van der Waals surface area (Å²) in [4.78, 5) is 14.6. The number of amides is 1. The van der Waals surface area contributed by atoms with Crippen molar-refractivity contribution in [1.29, 1.82) is 0 Å². The molecule has 1 heterocycles. The third-order valence-electron chi connectivity index (χ3n) is 5.44. The van der Waals surface area contributed by atoms with Gasteiger partial charge in [0.25, 0.3) is 5.91 Å². The predicted molar refractivity (Wildman–Crippen MR) is 134 cm³/mol. The molecule has 1 saturated heterocycles. The summed E-state index contributed by atoms with van der Waals surface area (Å²) in [6.07, 6.45) is 0. The number of nitrogens with zero attached hydrogens (tertiary/aromatic N) is 1. The normalized spacial score (nSPS) is 13.5. The largest absolute Gasteiger partial charge is 0.483 e. The van der Waals surface area contributed by atoms with Crippen LogP contribution < -0.4 is 20.3 Å². The van der Waals surface area contributed by atoms with E-state index in [-0.39, 0.29) is 12.5 Å². The van der Waals surface area contributed by atoms with Crippen LogP contribution in [0.15, 0.2) is 66.7 Å². The predicted octanol–water partition coefficient (Wildman–Crippen LogP) is 5.11. The molecule has 7 heteroatoms. The maximum Gasteiger partial charge on any atom is 0.262 e. The molecule has 0 aliphatic carbocycles. The van der Waals surface area contributed by atoms with E-state index in [4.69, 9.17) is 21.1 Å². The van der Waals surface area contributed by atoms with Crippen LogP contribution in [0.1, 0.15) is 11.1 Å². The van der Waals surface area contributed by atoms with Gasteiger partial charge in [-0.15, -0.1) is 0 Å². The van der Waals surface area contributed by atoms with Crippen LogP contribution in [-0.2, 0) is 16.1 Å². The zero-order chi connectivity index (χ0) is 23.0. The Hall–Kier alpha value is -3.22. The number of anilines is 3. The van der Waals surface area contributed by atoms with Gasteiger partial charge in [0, 0.05) is 47.3 Å². The van der Waals surface area contributed by atoms with E-state index in [1.165, 1.54) is 5.69 Å². The van der Waals surface area contributed by atoms with Crippen LogP contribution in [0.3, 0.4) is 0 Å². The van der Waals surface area contributed by atoms with Gasteiger partial charge in [-0.05, 0) is 61.5 Å². The highest BCUT2D eigenvalue weighted by atomic mass is 35.5. The molecule has 0 aromatic heterocycles. The van der Waals surface area contributed by atoms with Crippen LogP contribution in [0, 0.1) is 6.92 Å². The summed E-state index contributed by atoms with van der Waals surface area (Å²) >= 11 is 6.21. The molecule has 33 heavy (non-hydrogen) atoms. The fourth-order valence-corrected chi connectivity index (χ4v) is 3.81. The number of hydrogen-bond donors (Lipinski definition) is 2. The Balaban J connectivity index is 1.33. The van der Waals surface area contributed by atoms with Gasteiger partial charge in [0.05, 0.1) is 13.2 Å². The number of carbonyl (C=O) groups is 1. The van der Waals surface area contributed by atoms with Crippen LogP contribution >= 0.6 is 11.6 Å². The number of carbonyl (C=O) groups excluding carboxylic acids is 1. The monoisotopic (exact) mass is 465 g/mol. The minimum atomic E-state index is -0.216. The van der Waals surface area contributed by atoms with Crippen molar-refractivity contribution in [1.82, 2.24) is 0 Å². The minimum absolute atomic E-state index is 0.0866. The molecule has 3 aromatic carbocycles. The number of benzene rings is 3. The maximum absolute atomic E-state index is 12.3. The first kappa shape index (κ1) is 23.0. The van der Waals surface area contributed by atoms with E-state index in [2.05, 4.69) is 39.8 Å². The van der Waals surface area contributed by atoms with E-state index in [0.717, 1.165) is 48.8 Å². The lowest BCUT2D eigenvalue weighted by atomic mass is 10.2. The molecular formula is C26H28ClN3O3. The van der Waals surface area contributed by atoms with Crippen LogP contribution in [0.2, 0.25) is 5.02 Å². The van der Waals surface area contributed by atoms with Crippen molar-refractivity contribution in [2.75, 3.05) is 48.4 Å². The van der Waals surface area contributed by atoms with Gasteiger partial charge in [0.15, 0.2) is 6.61 Å². The molecule has 6 nitrogen and oxygen atoms in total. The Morgan fingerprint density at radius 1 is 1.00 bits per heavy atom.